The van der Waals surface area contributed by atoms with Gasteiger partial charge in [0.15, 0.2) is 10.9 Å². The van der Waals surface area contributed by atoms with Gasteiger partial charge in [-0.2, -0.15) is 0 Å². The van der Waals surface area contributed by atoms with Crippen molar-refractivity contribution in [2.45, 2.75) is 32.1 Å². The third kappa shape index (κ3) is 4.03. The fraction of sp³-hybridized carbons (Fsp3) is 0.208. The molecule has 172 valence electrons. The number of Topliss-reactive ketones (excluding diaryl/α,β-unsaturated/α-hetero) is 1. The van der Waals surface area contributed by atoms with Gasteiger partial charge in [0.1, 0.15) is 0 Å². The number of ketones is 1. The molecule has 1 aliphatic carbocycles. The number of dihydropyridines is 1. The van der Waals surface area contributed by atoms with Gasteiger partial charge in [0.05, 0.1) is 15.1 Å². The summed E-state index contributed by atoms with van der Waals surface area (Å²) in [5.41, 5.74) is 3.82. The van der Waals surface area contributed by atoms with E-state index in [0.717, 1.165) is 26.8 Å². The van der Waals surface area contributed by atoms with Gasteiger partial charge in [0.25, 0.3) is 11.6 Å². The second kappa shape index (κ2) is 8.77. The van der Waals surface area contributed by atoms with Crippen molar-refractivity contribution in [3.63, 3.8) is 0 Å². The number of carbonyl (C=O) groups excluding carboxylic acids is 2. The maximum absolute atomic E-state index is 13.6. The van der Waals surface area contributed by atoms with Gasteiger partial charge < -0.3 is 5.32 Å². The lowest BCUT2D eigenvalue weighted by atomic mass is 9.75. The average Bonchev–Trinajstić information content (AvgIpc) is 3.19. The van der Waals surface area contributed by atoms with Gasteiger partial charge in [-0.05, 0) is 43.5 Å². The van der Waals surface area contributed by atoms with Gasteiger partial charge in [-0.15, -0.1) is 0 Å². The first kappa shape index (κ1) is 22.4. The van der Waals surface area contributed by atoms with Crippen molar-refractivity contribution >= 4 is 60.0 Å². The molecule has 8 nitrogen and oxygen atoms in total. The number of nitrogens with zero attached hydrogens (tertiary/aromatic N) is 2. The highest BCUT2D eigenvalue weighted by atomic mass is 79.9. The van der Waals surface area contributed by atoms with Crippen LogP contribution in [0.4, 0.5) is 10.8 Å². The maximum Gasteiger partial charge on any atom is 0.269 e. The molecule has 2 aliphatic rings. The molecule has 1 aromatic heterocycles. The first-order valence-corrected chi connectivity index (χ1v) is 12.3. The van der Waals surface area contributed by atoms with Crippen LogP contribution in [0.25, 0.3) is 10.2 Å². The fourth-order valence-corrected chi connectivity index (χ4v) is 5.94. The molecule has 5 rings (SSSR count). The Morgan fingerprint density at radius 3 is 2.74 bits per heavy atom. The summed E-state index contributed by atoms with van der Waals surface area (Å²) in [5.74, 6) is -0.996. The molecule has 1 aliphatic heterocycles. The van der Waals surface area contributed by atoms with E-state index in [1.165, 1.54) is 23.5 Å². The second-order valence-corrected chi connectivity index (χ2v) is 10.1. The van der Waals surface area contributed by atoms with E-state index >= 15 is 0 Å². The Bertz CT molecular complexity index is 1420. The number of non-ortho nitro benzene ring substituents is 1. The molecule has 0 saturated carbocycles. The molecule has 10 heteroatoms. The largest absolute Gasteiger partial charge is 0.362 e. The number of thiazole rings is 1. The van der Waals surface area contributed by atoms with Crippen LogP contribution >= 0.6 is 27.3 Å². The van der Waals surface area contributed by atoms with Crippen LogP contribution in [-0.2, 0) is 9.59 Å². The standard InChI is InChI=1S/C24H19BrN4O4S/c1-12-20(23(31)28-24-27-16-10-7-14(25)11-19(16)34-24)21(13-5-8-15(9-6-13)29(32)33)22-17(26-12)3-2-4-18(22)30/h5-11,21,26H,2-4H2,1H3,(H,27,28,31). The predicted molar refractivity (Wildman–Crippen MR) is 134 cm³/mol. The Hall–Kier alpha value is -3.37. The van der Waals surface area contributed by atoms with Crippen LogP contribution in [0.5, 0.6) is 0 Å². The lowest BCUT2D eigenvalue weighted by molar-refractivity contribution is -0.384. The Labute approximate surface area is 207 Å². The minimum Gasteiger partial charge on any atom is -0.362 e. The lowest BCUT2D eigenvalue weighted by Gasteiger charge is -2.34. The second-order valence-electron chi connectivity index (χ2n) is 8.20. The molecular weight excluding hydrogens is 520 g/mol. The van der Waals surface area contributed by atoms with E-state index in [0.29, 0.717) is 40.4 Å². The van der Waals surface area contributed by atoms with E-state index in [9.17, 15) is 19.7 Å². The van der Waals surface area contributed by atoms with E-state index in [1.807, 2.05) is 25.1 Å². The maximum atomic E-state index is 13.6. The van der Waals surface area contributed by atoms with Crippen molar-refractivity contribution in [3.8, 4) is 0 Å². The Morgan fingerprint density at radius 1 is 1.24 bits per heavy atom. The summed E-state index contributed by atoms with van der Waals surface area (Å²) in [6.07, 6.45) is 1.86. The van der Waals surface area contributed by atoms with Crippen molar-refractivity contribution in [1.82, 2.24) is 10.3 Å². The Morgan fingerprint density at radius 2 is 2.00 bits per heavy atom. The Kier molecular flexibility index (Phi) is 5.78. The molecular formula is C24H19BrN4O4S. The summed E-state index contributed by atoms with van der Waals surface area (Å²) in [5, 5.41) is 17.8. The number of carbonyl (C=O) groups is 2. The molecule has 1 atom stereocenters. The van der Waals surface area contributed by atoms with Gasteiger partial charge in [-0.25, -0.2) is 4.98 Å². The number of amides is 1. The summed E-state index contributed by atoms with van der Waals surface area (Å²) in [6.45, 7) is 1.81. The van der Waals surface area contributed by atoms with Crippen LogP contribution < -0.4 is 10.6 Å². The third-order valence-corrected chi connectivity index (χ3v) is 7.46. The van der Waals surface area contributed by atoms with Gasteiger partial charge in [0.2, 0.25) is 0 Å². The van der Waals surface area contributed by atoms with Gasteiger partial charge in [0, 0.05) is 51.5 Å². The molecule has 0 saturated heterocycles. The van der Waals surface area contributed by atoms with Crippen molar-refractivity contribution in [2.24, 2.45) is 0 Å². The number of hydrogen-bond acceptors (Lipinski definition) is 7. The highest BCUT2D eigenvalue weighted by Gasteiger charge is 2.38. The fourth-order valence-electron chi connectivity index (χ4n) is 4.52. The monoisotopic (exact) mass is 538 g/mol. The zero-order valence-electron chi connectivity index (χ0n) is 18.1. The van der Waals surface area contributed by atoms with E-state index < -0.39 is 10.8 Å². The van der Waals surface area contributed by atoms with Crippen LogP contribution in [-0.4, -0.2) is 21.6 Å². The van der Waals surface area contributed by atoms with Gasteiger partial charge in [-0.3, -0.25) is 25.0 Å². The molecule has 1 amide bonds. The lowest BCUT2D eigenvalue weighted by Crippen LogP contribution is -2.35. The number of fused-ring (bicyclic) bond motifs is 1. The van der Waals surface area contributed by atoms with Crippen LogP contribution in [0, 0.1) is 10.1 Å². The molecule has 2 heterocycles. The highest BCUT2D eigenvalue weighted by Crippen LogP contribution is 2.43. The van der Waals surface area contributed by atoms with Crippen molar-refractivity contribution < 1.29 is 14.5 Å². The average molecular weight is 539 g/mol. The minimum atomic E-state index is -0.617. The molecule has 1 unspecified atom stereocenters. The number of nitro groups is 1. The number of benzene rings is 2. The number of aromatic nitrogens is 1. The summed E-state index contributed by atoms with van der Waals surface area (Å²) in [4.78, 5) is 41.7. The molecule has 0 bridgehead atoms. The smallest absolute Gasteiger partial charge is 0.269 e. The molecule has 34 heavy (non-hydrogen) atoms. The number of hydrogen-bond donors (Lipinski definition) is 2. The van der Waals surface area contributed by atoms with Gasteiger partial charge in [-0.1, -0.05) is 39.4 Å². The van der Waals surface area contributed by atoms with E-state index in [2.05, 4.69) is 31.5 Å². The third-order valence-electron chi connectivity index (χ3n) is 6.03. The van der Waals surface area contributed by atoms with E-state index in [4.69, 9.17) is 0 Å². The minimum absolute atomic E-state index is 0.0141. The molecule has 2 aromatic carbocycles. The molecule has 0 spiro atoms. The summed E-state index contributed by atoms with van der Waals surface area (Å²) >= 11 is 4.81. The molecule has 3 aromatic rings. The first-order valence-electron chi connectivity index (χ1n) is 10.7. The van der Waals surface area contributed by atoms with Gasteiger partial charge >= 0.3 is 0 Å². The van der Waals surface area contributed by atoms with Crippen molar-refractivity contribution in [1.29, 1.82) is 0 Å². The number of rotatable bonds is 4. The number of nitrogens with one attached hydrogen (secondary N) is 2. The van der Waals surface area contributed by atoms with Crippen LogP contribution in [0.15, 0.2) is 69.5 Å². The van der Waals surface area contributed by atoms with Crippen LogP contribution in [0.3, 0.4) is 0 Å². The van der Waals surface area contributed by atoms with Crippen LogP contribution in [0.1, 0.15) is 37.7 Å². The van der Waals surface area contributed by atoms with Crippen molar-refractivity contribution in [3.05, 3.63) is 85.2 Å². The van der Waals surface area contributed by atoms with Crippen molar-refractivity contribution in [2.75, 3.05) is 5.32 Å². The summed E-state index contributed by atoms with van der Waals surface area (Å²) in [7, 11) is 0. The van der Waals surface area contributed by atoms with E-state index in [1.54, 1.807) is 12.1 Å². The summed E-state index contributed by atoms with van der Waals surface area (Å²) < 4.78 is 1.85. The normalized spacial score (nSPS) is 18.1. The molecule has 0 radical (unpaired) electrons. The highest BCUT2D eigenvalue weighted by molar-refractivity contribution is 9.10. The predicted octanol–water partition coefficient (Wildman–Crippen LogP) is 5.57. The molecule has 2 N–H and O–H groups in total. The SMILES string of the molecule is CC1=C(C(=O)Nc2nc3ccc(Br)cc3s2)C(c2ccc([N+](=O)[O-])cc2)C2=C(CCCC2=O)N1. The number of halogens is 1. The topological polar surface area (TPSA) is 114 Å². The zero-order chi connectivity index (χ0) is 24.0. The Balaban J connectivity index is 1.55. The number of anilines is 1. The first-order chi connectivity index (χ1) is 16.3. The number of allylic oxidation sites excluding steroid dienone is 3. The van der Waals surface area contributed by atoms with Crippen LogP contribution in [0.2, 0.25) is 0 Å². The summed E-state index contributed by atoms with van der Waals surface area (Å²) in [6, 6.07) is 11.7. The quantitative estimate of drug-likeness (QED) is 0.331. The zero-order valence-corrected chi connectivity index (χ0v) is 20.5. The number of nitro benzene ring substituents is 1. The van der Waals surface area contributed by atoms with E-state index in [-0.39, 0.29) is 17.4 Å². The molecule has 0 fully saturated rings.